The minimum Gasteiger partial charge on any atom is -0.450 e. The number of hydrogen-bond acceptors (Lipinski definition) is 5. The second kappa shape index (κ2) is 6.72. The van der Waals surface area contributed by atoms with Crippen molar-refractivity contribution in [3.63, 3.8) is 0 Å². The van der Waals surface area contributed by atoms with Crippen LogP contribution in [0.5, 0.6) is 11.5 Å². The third kappa shape index (κ3) is 3.00. The zero-order chi connectivity index (χ0) is 21.0. The molecule has 0 atom stereocenters. The van der Waals surface area contributed by atoms with E-state index in [1.807, 2.05) is 11.4 Å². The molecule has 1 aromatic carbocycles. The number of aromatic nitrogens is 2. The van der Waals surface area contributed by atoms with E-state index in [-0.39, 0.29) is 11.3 Å². The number of thiophene rings is 1. The molecular weight excluding hydrogens is 410 g/mol. The van der Waals surface area contributed by atoms with Gasteiger partial charge in [0.15, 0.2) is 11.6 Å². The first kappa shape index (κ1) is 18.9. The van der Waals surface area contributed by atoms with Gasteiger partial charge in [-0.15, -0.1) is 11.3 Å². The van der Waals surface area contributed by atoms with Gasteiger partial charge in [0.2, 0.25) is 5.75 Å². The number of fused-ring (bicyclic) bond motifs is 1. The van der Waals surface area contributed by atoms with Crippen LogP contribution in [0.4, 0.5) is 8.78 Å². The molecule has 0 saturated heterocycles. The van der Waals surface area contributed by atoms with Gasteiger partial charge in [-0.3, -0.25) is 9.78 Å². The fourth-order valence-corrected chi connectivity index (χ4v) is 4.41. The fraction of sp³-hybridized carbons (Fsp3) is 0.182. The standard InChI is InChI=1S/C22H16F2N2O3S/c1-26-11-15(13-4-7-30-20(13)21(26)27)14-8-12(22(28)5-6-22)2-3-18(14)29-19-16(23)9-25-10-17(19)24/h2-4,7-11,28H,5-6H2,1H3. The maximum atomic E-state index is 14.2. The van der Waals surface area contributed by atoms with Crippen molar-refractivity contribution in [1.29, 1.82) is 0 Å². The lowest BCUT2D eigenvalue weighted by atomic mass is 9.97. The first-order chi connectivity index (χ1) is 14.4. The maximum Gasteiger partial charge on any atom is 0.268 e. The minimum absolute atomic E-state index is 0.130. The zero-order valence-corrected chi connectivity index (χ0v) is 16.7. The largest absolute Gasteiger partial charge is 0.450 e. The van der Waals surface area contributed by atoms with Crippen molar-refractivity contribution in [3.8, 4) is 22.6 Å². The SMILES string of the molecule is Cn1cc(-c2cc(C3(O)CC3)ccc2Oc2c(F)cncc2F)c2ccsc2c1=O. The summed E-state index contributed by atoms with van der Waals surface area (Å²) in [5, 5.41) is 13.1. The molecule has 1 saturated carbocycles. The Morgan fingerprint density at radius 2 is 1.90 bits per heavy atom. The number of halogens is 2. The Kier molecular flexibility index (Phi) is 4.23. The molecule has 0 radical (unpaired) electrons. The van der Waals surface area contributed by atoms with E-state index >= 15 is 0 Å². The van der Waals surface area contributed by atoms with Crippen molar-refractivity contribution in [2.45, 2.75) is 18.4 Å². The Labute approximate surface area is 173 Å². The molecule has 3 heterocycles. The Hall–Kier alpha value is -3.10. The van der Waals surface area contributed by atoms with E-state index < -0.39 is 23.0 Å². The molecule has 30 heavy (non-hydrogen) atoms. The quantitative estimate of drug-likeness (QED) is 0.513. The van der Waals surface area contributed by atoms with E-state index in [0.29, 0.717) is 39.6 Å². The highest BCUT2D eigenvalue weighted by atomic mass is 32.1. The summed E-state index contributed by atoms with van der Waals surface area (Å²) in [6, 6.07) is 6.86. The summed E-state index contributed by atoms with van der Waals surface area (Å²) in [6.07, 6.45) is 4.70. The number of benzene rings is 1. The molecule has 1 aliphatic carbocycles. The van der Waals surface area contributed by atoms with Crippen LogP contribution in [0.15, 0.2) is 53.0 Å². The Morgan fingerprint density at radius 1 is 1.17 bits per heavy atom. The van der Waals surface area contributed by atoms with Crippen LogP contribution in [0.2, 0.25) is 0 Å². The van der Waals surface area contributed by atoms with E-state index in [9.17, 15) is 18.7 Å². The van der Waals surface area contributed by atoms with E-state index in [1.54, 1.807) is 31.4 Å². The van der Waals surface area contributed by atoms with Gasteiger partial charge in [0, 0.05) is 29.8 Å². The van der Waals surface area contributed by atoms with Gasteiger partial charge in [-0.1, -0.05) is 6.07 Å². The number of hydrogen-bond donors (Lipinski definition) is 1. The summed E-state index contributed by atoms with van der Waals surface area (Å²) in [4.78, 5) is 15.9. The molecule has 4 aromatic rings. The highest BCUT2D eigenvalue weighted by molar-refractivity contribution is 7.17. The molecule has 0 amide bonds. The number of rotatable bonds is 4. The summed E-state index contributed by atoms with van der Waals surface area (Å²) in [6.45, 7) is 0. The molecule has 1 aliphatic rings. The average Bonchev–Trinajstić information content (AvgIpc) is 3.28. The van der Waals surface area contributed by atoms with Gasteiger partial charge in [-0.05, 0) is 42.0 Å². The van der Waals surface area contributed by atoms with Gasteiger partial charge in [0.05, 0.1) is 18.0 Å². The molecule has 0 unspecified atom stereocenters. The highest BCUT2D eigenvalue weighted by Crippen LogP contribution is 2.48. The van der Waals surface area contributed by atoms with Crippen molar-refractivity contribution in [2.75, 3.05) is 0 Å². The Bertz CT molecular complexity index is 1340. The molecule has 5 nitrogen and oxygen atoms in total. The predicted molar refractivity (Wildman–Crippen MR) is 110 cm³/mol. The van der Waals surface area contributed by atoms with E-state index in [1.165, 1.54) is 15.9 Å². The Morgan fingerprint density at radius 3 is 2.60 bits per heavy atom. The molecule has 5 rings (SSSR count). The van der Waals surface area contributed by atoms with Crippen LogP contribution in [0.3, 0.4) is 0 Å². The fourth-order valence-electron chi connectivity index (χ4n) is 3.52. The van der Waals surface area contributed by atoms with Crippen LogP contribution >= 0.6 is 11.3 Å². The third-order valence-corrected chi connectivity index (χ3v) is 6.25. The number of ether oxygens (including phenoxy) is 1. The average molecular weight is 426 g/mol. The van der Waals surface area contributed by atoms with Crippen molar-refractivity contribution >= 4 is 21.4 Å². The molecule has 0 bridgehead atoms. The van der Waals surface area contributed by atoms with Gasteiger partial charge in [-0.25, -0.2) is 8.78 Å². The van der Waals surface area contributed by atoms with E-state index in [4.69, 9.17) is 4.74 Å². The first-order valence-corrected chi connectivity index (χ1v) is 10.2. The number of nitrogens with zero attached hydrogens (tertiary/aromatic N) is 2. The van der Waals surface area contributed by atoms with Crippen molar-refractivity contribution in [3.05, 3.63) is 75.8 Å². The predicted octanol–water partition coefficient (Wildman–Crippen LogP) is 4.71. The van der Waals surface area contributed by atoms with Crippen molar-refractivity contribution in [2.24, 2.45) is 7.05 Å². The second-order valence-electron chi connectivity index (χ2n) is 7.40. The summed E-state index contributed by atoms with van der Waals surface area (Å²) in [5.41, 5.74) is 0.855. The topological polar surface area (TPSA) is 64.3 Å². The number of aliphatic hydroxyl groups is 1. The van der Waals surface area contributed by atoms with Gasteiger partial charge < -0.3 is 14.4 Å². The summed E-state index contributed by atoms with van der Waals surface area (Å²) in [5.74, 6) is -2.20. The van der Waals surface area contributed by atoms with Crippen LogP contribution in [0.25, 0.3) is 21.2 Å². The van der Waals surface area contributed by atoms with Gasteiger partial charge in [0.25, 0.3) is 5.56 Å². The molecule has 8 heteroatoms. The van der Waals surface area contributed by atoms with Crippen LogP contribution < -0.4 is 10.3 Å². The first-order valence-electron chi connectivity index (χ1n) is 9.28. The molecule has 152 valence electrons. The van der Waals surface area contributed by atoms with E-state index in [2.05, 4.69) is 4.98 Å². The monoisotopic (exact) mass is 426 g/mol. The van der Waals surface area contributed by atoms with Crippen molar-refractivity contribution < 1.29 is 18.6 Å². The normalized spacial score (nSPS) is 14.8. The second-order valence-corrected chi connectivity index (χ2v) is 8.32. The molecule has 3 aromatic heterocycles. The van der Waals surface area contributed by atoms with Crippen LogP contribution in [0.1, 0.15) is 18.4 Å². The molecule has 1 fully saturated rings. The van der Waals surface area contributed by atoms with Crippen LogP contribution in [-0.4, -0.2) is 14.7 Å². The van der Waals surface area contributed by atoms with Gasteiger partial charge in [-0.2, -0.15) is 0 Å². The zero-order valence-electron chi connectivity index (χ0n) is 15.9. The van der Waals surface area contributed by atoms with Crippen molar-refractivity contribution in [1.82, 2.24) is 9.55 Å². The summed E-state index contributed by atoms with van der Waals surface area (Å²) < 4.78 is 36.0. The highest BCUT2D eigenvalue weighted by Gasteiger charge is 2.42. The number of pyridine rings is 2. The van der Waals surface area contributed by atoms with Crippen LogP contribution in [0, 0.1) is 11.6 Å². The smallest absolute Gasteiger partial charge is 0.268 e. The molecular formula is C22H16F2N2O3S. The summed E-state index contributed by atoms with van der Waals surface area (Å²) >= 11 is 1.32. The minimum atomic E-state index is -0.924. The molecule has 0 spiro atoms. The van der Waals surface area contributed by atoms with E-state index in [0.717, 1.165) is 12.4 Å². The van der Waals surface area contributed by atoms with Gasteiger partial charge >= 0.3 is 0 Å². The lowest BCUT2D eigenvalue weighted by Crippen LogP contribution is -2.15. The number of aryl methyl sites for hydroxylation is 1. The van der Waals surface area contributed by atoms with Gasteiger partial charge in [0.1, 0.15) is 10.4 Å². The lowest BCUT2D eigenvalue weighted by molar-refractivity contribution is 0.151. The molecule has 0 aliphatic heterocycles. The Balaban J connectivity index is 1.75. The van der Waals surface area contributed by atoms with Crippen LogP contribution in [-0.2, 0) is 12.6 Å². The summed E-state index contributed by atoms with van der Waals surface area (Å²) in [7, 11) is 1.64. The maximum absolute atomic E-state index is 14.2. The molecule has 1 N–H and O–H groups in total. The lowest BCUT2D eigenvalue weighted by Gasteiger charge is -2.17. The third-order valence-electron chi connectivity index (χ3n) is 5.35.